The molecule has 0 N–H and O–H groups in total. The lowest BCUT2D eigenvalue weighted by molar-refractivity contribution is 0.0772. The topological polar surface area (TPSA) is 58.8 Å². The first-order valence-electron chi connectivity index (χ1n) is 7.25. The predicted molar refractivity (Wildman–Crippen MR) is 82.2 cm³/mol. The number of furan rings is 1. The predicted octanol–water partition coefficient (Wildman–Crippen LogP) is 2.03. The molecule has 3 heterocycles. The third kappa shape index (κ3) is 2.90. The summed E-state index contributed by atoms with van der Waals surface area (Å²) in [5.74, 6) is 1.52. The number of aromatic nitrogens is 1. The Hall–Kier alpha value is -2.50. The van der Waals surface area contributed by atoms with Crippen LogP contribution in [0.4, 0.5) is 5.82 Å². The van der Waals surface area contributed by atoms with Gasteiger partial charge in [0.05, 0.1) is 18.4 Å². The van der Waals surface area contributed by atoms with Crippen LogP contribution in [0.25, 0.3) is 0 Å². The smallest absolute Gasteiger partial charge is 0.257 e. The van der Waals surface area contributed by atoms with Crippen LogP contribution in [0.5, 0.6) is 5.75 Å². The highest BCUT2D eigenvalue weighted by Crippen LogP contribution is 2.27. The van der Waals surface area contributed by atoms with E-state index in [1.807, 2.05) is 31.1 Å². The summed E-state index contributed by atoms with van der Waals surface area (Å²) in [5, 5.41) is 0. The number of pyridine rings is 1. The van der Waals surface area contributed by atoms with Crippen molar-refractivity contribution in [2.24, 2.45) is 0 Å². The number of carbonyl (C=O) groups is 1. The molecular weight excluding hydrogens is 282 g/mol. The zero-order valence-corrected chi connectivity index (χ0v) is 12.7. The third-order valence-corrected chi connectivity index (χ3v) is 3.67. The van der Waals surface area contributed by atoms with Gasteiger partial charge in [0.15, 0.2) is 11.6 Å². The van der Waals surface area contributed by atoms with Gasteiger partial charge in [-0.05, 0) is 18.2 Å². The van der Waals surface area contributed by atoms with E-state index in [9.17, 15) is 4.79 Å². The maximum absolute atomic E-state index is 12.3. The van der Waals surface area contributed by atoms with Gasteiger partial charge in [-0.2, -0.15) is 0 Å². The highest BCUT2D eigenvalue weighted by molar-refractivity contribution is 5.94. The highest BCUT2D eigenvalue weighted by Gasteiger charge is 2.29. The van der Waals surface area contributed by atoms with Crippen molar-refractivity contribution in [2.75, 3.05) is 32.1 Å². The molecule has 1 atom stereocenters. The van der Waals surface area contributed by atoms with E-state index in [-0.39, 0.29) is 12.0 Å². The largest absolute Gasteiger partial charge is 0.485 e. The third-order valence-electron chi connectivity index (χ3n) is 3.67. The molecule has 1 aliphatic heterocycles. The number of rotatable bonds is 4. The van der Waals surface area contributed by atoms with Crippen molar-refractivity contribution >= 4 is 11.7 Å². The Balaban J connectivity index is 1.65. The maximum atomic E-state index is 12.3. The van der Waals surface area contributed by atoms with Gasteiger partial charge >= 0.3 is 0 Å². The van der Waals surface area contributed by atoms with Crippen molar-refractivity contribution in [1.82, 2.24) is 9.88 Å². The van der Waals surface area contributed by atoms with Crippen LogP contribution < -0.4 is 9.64 Å². The molecule has 1 amide bonds. The molecule has 116 valence electrons. The van der Waals surface area contributed by atoms with Crippen molar-refractivity contribution in [3.63, 3.8) is 0 Å². The molecule has 1 unspecified atom stereocenters. The number of likely N-dealkylation sites (tertiary alicyclic amines) is 1. The van der Waals surface area contributed by atoms with Gasteiger partial charge in [0.1, 0.15) is 12.4 Å². The van der Waals surface area contributed by atoms with Crippen molar-refractivity contribution in [1.29, 1.82) is 0 Å². The normalized spacial score (nSPS) is 17.5. The summed E-state index contributed by atoms with van der Waals surface area (Å²) in [4.78, 5) is 20.3. The first-order valence-corrected chi connectivity index (χ1v) is 7.25. The van der Waals surface area contributed by atoms with Crippen LogP contribution in [-0.2, 0) is 0 Å². The molecule has 6 nitrogen and oxygen atoms in total. The molecule has 1 fully saturated rings. The minimum absolute atomic E-state index is 0.0149. The van der Waals surface area contributed by atoms with Gasteiger partial charge in [-0.1, -0.05) is 0 Å². The van der Waals surface area contributed by atoms with Gasteiger partial charge < -0.3 is 19.0 Å². The molecule has 2 aromatic rings. The molecular formula is C16H19N3O3. The van der Waals surface area contributed by atoms with Crippen LogP contribution in [0, 0.1) is 0 Å². The molecule has 0 bridgehead atoms. The SMILES string of the molecule is CN(C)c1ncccc1OC1CCN(C(=O)c2ccoc2)C1. The second kappa shape index (κ2) is 6.09. The standard InChI is InChI=1S/C16H19N3O3/c1-18(2)15-14(4-3-7-17-15)22-13-5-8-19(10-13)16(20)12-6-9-21-11-12/h3-4,6-7,9,11,13H,5,8,10H2,1-2H3. The Morgan fingerprint density at radius 3 is 3.05 bits per heavy atom. The van der Waals surface area contributed by atoms with Crippen LogP contribution in [0.1, 0.15) is 16.8 Å². The van der Waals surface area contributed by atoms with Gasteiger partial charge in [0, 0.05) is 33.3 Å². The Kier molecular flexibility index (Phi) is 4.00. The molecule has 0 spiro atoms. The summed E-state index contributed by atoms with van der Waals surface area (Å²) in [6.45, 7) is 1.26. The number of carbonyl (C=O) groups excluding carboxylic acids is 1. The van der Waals surface area contributed by atoms with E-state index < -0.39 is 0 Å². The van der Waals surface area contributed by atoms with E-state index in [4.69, 9.17) is 9.15 Å². The molecule has 3 rings (SSSR count). The van der Waals surface area contributed by atoms with Crippen molar-refractivity contribution in [3.8, 4) is 5.75 Å². The molecule has 6 heteroatoms. The Morgan fingerprint density at radius 2 is 2.32 bits per heavy atom. The highest BCUT2D eigenvalue weighted by atomic mass is 16.5. The van der Waals surface area contributed by atoms with Crippen LogP contribution in [0.3, 0.4) is 0 Å². The summed E-state index contributed by atoms with van der Waals surface area (Å²) in [5.41, 5.74) is 0.580. The first kappa shape index (κ1) is 14.4. The number of nitrogens with zero attached hydrogens (tertiary/aromatic N) is 3. The van der Waals surface area contributed by atoms with Gasteiger partial charge in [0.2, 0.25) is 0 Å². The summed E-state index contributed by atoms with van der Waals surface area (Å²) < 4.78 is 11.0. The van der Waals surface area contributed by atoms with Crippen LogP contribution in [0.15, 0.2) is 41.3 Å². The second-order valence-electron chi connectivity index (χ2n) is 5.51. The molecule has 0 saturated carbocycles. The molecule has 1 aliphatic rings. The van der Waals surface area contributed by atoms with Crippen LogP contribution >= 0.6 is 0 Å². The van der Waals surface area contributed by atoms with E-state index in [0.717, 1.165) is 18.0 Å². The zero-order valence-electron chi connectivity index (χ0n) is 12.7. The fraction of sp³-hybridized carbons (Fsp3) is 0.375. The summed E-state index contributed by atoms with van der Waals surface area (Å²) in [7, 11) is 3.86. The Bertz CT molecular complexity index is 640. The molecule has 22 heavy (non-hydrogen) atoms. The number of hydrogen-bond acceptors (Lipinski definition) is 5. The van der Waals surface area contributed by atoms with Crippen molar-refractivity contribution in [2.45, 2.75) is 12.5 Å². The van der Waals surface area contributed by atoms with Gasteiger partial charge in [-0.25, -0.2) is 4.98 Å². The number of amides is 1. The average molecular weight is 301 g/mol. The number of hydrogen-bond donors (Lipinski definition) is 0. The lowest BCUT2D eigenvalue weighted by atomic mass is 10.3. The second-order valence-corrected chi connectivity index (χ2v) is 5.51. The molecule has 0 aromatic carbocycles. The van der Waals surface area contributed by atoms with Crippen LogP contribution in [-0.4, -0.2) is 49.1 Å². The Labute approximate surface area is 129 Å². The molecule has 0 radical (unpaired) electrons. The van der Waals surface area contributed by atoms with E-state index in [2.05, 4.69) is 4.98 Å². The summed E-state index contributed by atoms with van der Waals surface area (Å²) in [6, 6.07) is 5.44. The van der Waals surface area contributed by atoms with E-state index in [0.29, 0.717) is 18.7 Å². The zero-order chi connectivity index (χ0) is 15.5. The monoisotopic (exact) mass is 301 g/mol. The average Bonchev–Trinajstić information content (AvgIpc) is 3.18. The minimum Gasteiger partial charge on any atom is -0.485 e. The van der Waals surface area contributed by atoms with Crippen molar-refractivity contribution < 1.29 is 13.9 Å². The Morgan fingerprint density at radius 1 is 1.45 bits per heavy atom. The lowest BCUT2D eigenvalue weighted by Gasteiger charge is -2.20. The van der Waals surface area contributed by atoms with Gasteiger partial charge in [-0.15, -0.1) is 0 Å². The molecule has 0 aliphatic carbocycles. The maximum Gasteiger partial charge on any atom is 0.257 e. The lowest BCUT2D eigenvalue weighted by Crippen LogP contribution is -2.30. The van der Waals surface area contributed by atoms with Crippen LogP contribution in [0.2, 0.25) is 0 Å². The number of ether oxygens (including phenoxy) is 1. The summed E-state index contributed by atoms with van der Waals surface area (Å²) >= 11 is 0. The minimum atomic E-state index is -0.0150. The fourth-order valence-corrected chi connectivity index (χ4v) is 2.57. The quantitative estimate of drug-likeness (QED) is 0.865. The summed E-state index contributed by atoms with van der Waals surface area (Å²) in [6.07, 6.45) is 5.52. The van der Waals surface area contributed by atoms with Gasteiger partial charge in [-0.3, -0.25) is 4.79 Å². The molecule has 2 aromatic heterocycles. The number of anilines is 1. The van der Waals surface area contributed by atoms with E-state index in [1.165, 1.54) is 12.5 Å². The molecule has 1 saturated heterocycles. The first-order chi connectivity index (χ1) is 10.6. The van der Waals surface area contributed by atoms with E-state index >= 15 is 0 Å². The van der Waals surface area contributed by atoms with Gasteiger partial charge in [0.25, 0.3) is 5.91 Å². The van der Waals surface area contributed by atoms with E-state index in [1.54, 1.807) is 17.2 Å². The fourth-order valence-electron chi connectivity index (χ4n) is 2.57. The van der Waals surface area contributed by atoms with Crippen molar-refractivity contribution in [3.05, 3.63) is 42.5 Å².